The van der Waals surface area contributed by atoms with Crippen molar-refractivity contribution in [3.05, 3.63) is 27.8 Å². The second kappa shape index (κ2) is 4.86. The molecule has 84 valence electrons. The molecule has 0 bridgehead atoms. The number of hydrogen-bond donors (Lipinski definition) is 2. The molecule has 0 heterocycles. The van der Waals surface area contributed by atoms with E-state index in [1.807, 2.05) is 19.9 Å². The standard InChI is InChI=1S/C12H18ClNO/c1-7(4-5-14)11-9(3)12(15)8(2)6-10(11)13/h6-7,15H,4-5,14H2,1-3H3. The van der Waals surface area contributed by atoms with E-state index in [4.69, 9.17) is 17.3 Å². The maximum atomic E-state index is 9.84. The number of halogens is 1. The Morgan fingerprint density at radius 2 is 2.07 bits per heavy atom. The molecule has 0 aliphatic heterocycles. The summed E-state index contributed by atoms with van der Waals surface area (Å²) in [7, 11) is 0. The number of aromatic hydroxyl groups is 1. The Bertz CT molecular complexity index is 363. The zero-order valence-corrected chi connectivity index (χ0v) is 10.2. The first-order valence-corrected chi connectivity index (χ1v) is 5.55. The van der Waals surface area contributed by atoms with E-state index in [9.17, 15) is 5.11 Å². The van der Waals surface area contributed by atoms with Gasteiger partial charge in [-0.15, -0.1) is 0 Å². The fraction of sp³-hybridized carbons (Fsp3) is 0.500. The molecule has 0 saturated carbocycles. The number of aryl methyl sites for hydroxylation is 1. The predicted octanol–water partition coefficient (Wildman–Crippen LogP) is 3.11. The number of phenolic OH excluding ortho intramolecular Hbond substituents is 1. The van der Waals surface area contributed by atoms with Crippen LogP contribution in [0.4, 0.5) is 0 Å². The van der Waals surface area contributed by atoms with Crippen molar-refractivity contribution in [2.75, 3.05) is 6.54 Å². The van der Waals surface area contributed by atoms with E-state index in [0.717, 1.165) is 28.1 Å². The lowest BCUT2D eigenvalue weighted by molar-refractivity contribution is 0.464. The second-order valence-corrected chi connectivity index (χ2v) is 4.45. The molecule has 3 N–H and O–H groups in total. The van der Waals surface area contributed by atoms with Crippen molar-refractivity contribution in [3.63, 3.8) is 0 Å². The molecule has 0 amide bonds. The summed E-state index contributed by atoms with van der Waals surface area (Å²) in [5, 5.41) is 10.6. The molecule has 0 radical (unpaired) electrons. The molecule has 0 saturated heterocycles. The Kier molecular flexibility index (Phi) is 4.00. The summed E-state index contributed by atoms with van der Waals surface area (Å²) < 4.78 is 0. The number of hydrogen-bond acceptors (Lipinski definition) is 2. The minimum Gasteiger partial charge on any atom is -0.507 e. The van der Waals surface area contributed by atoms with Gasteiger partial charge in [0.05, 0.1) is 0 Å². The second-order valence-electron chi connectivity index (χ2n) is 4.04. The molecule has 3 heteroatoms. The zero-order valence-electron chi connectivity index (χ0n) is 9.47. The first kappa shape index (κ1) is 12.3. The van der Waals surface area contributed by atoms with E-state index < -0.39 is 0 Å². The van der Waals surface area contributed by atoms with Gasteiger partial charge in [0.1, 0.15) is 5.75 Å². The van der Waals surface area contributed by atoms with Crippen LogP contribution in [-0.4, -0.2) is 11.7 Å². The number of nitrogens with two attached hydrogens (primary N) is 1. The van der Waals surface area contributed by atoms with E-state index in [0.29, 0.717) is 12.3 Å². The third kappa shape index (κ3) is 2.44. The maximum absolute atomic E-state index is 9.84. The van der Waals surface area contributed by atoms with E-state index in [2.05, 4.69) is 6.92 Å². The van der Waals surface area contributed by atoms with Crippen LogP contribution in [0.1, 0.15) is 36.0 Å². The van der Waals surface area contributed by atoms with Crippen LogP contribution in [0.3, 0.4) is 0 Å². The molecular weight excluding hydrogens is 210 g/mol. The van der Waals surface area contributed by atoms with Crippen molar-refractivity contribution in [3.8, 4) is 5.75 Å². The van der Waals surface area contributed by atoms with Crippen LogP contribution in [0, 0.1) is 13.8 Å². The van der Waals surface area contributed by atoms with Crippen molar-refractivity contribution in [2.24, 2.45) is 5.73 Å². The molecule has 1 aromatic rings. The minimum atomic E-state index is 0.286. The van der Waals surface area contributed by atoms with Crippen LogP contribution >= 0.6 is 11.6 Å². The summed E-state index contributed by atoms with van der Waals surface area (Å²) in [6.07, 6.45) is 0.878. The number of phenols is 1. The quantitative estimate of drug-likeness (QED) is 0.834. The van der Waals surface area contributed by atoms with Gasteiger partial charge in [0.2, 0.25) is 0 Å². The van der Waals surface area contributed by atoms with Crippen LogP contribution in [0.2, 0.25) is 5.02 Å². The van der Waals surface area contributed by atoms with Crippen LogP contribution in [-0.2, 0) is 0 Å². The monoisotopic (exact) mass is 227 g/mol. The molecule has 1 unspecified atom stereocenters. The van der Waals surface area contributed by atoms with E-state index in [1.54, 1.807) is 0 Å². The molecule has 1 atom stereocenters. The highest BCUT2D eigenvalue weighted by Gasteiger charge is 2.16. The van der Waals surface area contributed by atoms with E-state index in [1.165, 1.54) is 0 Å². The van der Waals surface area contributed by atoms with E-state index in [-0.39, 0.29) is 5.92 Å². The summed E-state index contributed by atoms with van der Waals surface area (Å²) in [5.41, 5.74) is 8.24. The lowest BCUT2D eigenvalue weighted by Gasteiger charge is -2.18. The summed E-state index contributed by atoms with van der Waals surface area (Å²) in [5.74, 6) is 0.632. The van der Waals surface area contributed by atoms with Crippen LogP contribution < -0.4 is 5.73 Å². The van der Waals surface area contributed by atoms with Gasteiger partial charge >= 0.3 is 0 Å². The summed E-state index contributed by atoms with van der Waals surface area (Å²) in [6, 6.07) is 1.81. The van der Waals surface area contributed by atoms with E-state index >= 15 is 0 Å². The van der Waals surface area contributed by atoms with Crippen molar-refractivity contribution in [2.45, 2.75) is 33.1 Å². The topological polar surface area (TPSA) is 46.2 Å². The SMILES string of the molecule is Cc1cc(Cl)c(C(C)CCN)c(C)c1O. The van der Waals surface area contributed by atoms with Crippen molar-refractivity contribution in [1.82, 2.24) is 0 Å². The average molecular weight is 228 g/mol. The Morgan fingerprint density at radius 3 is 2.60 bits per heavy atom. The normalized spacial score (nSPS) is 12.9. The first-order chi connectivity index (χ1) is 6.99. The average Bonchev–Trinajstić information content (AvgIpc) is 2.15. The molecular formula is C12H18ClNO. The summed E-state index contributed by atoms with van der Waals surface area (Å²) in [6.45, 7) is 6.46. The largest absolute Gasteiger partial charge is 0.507 e. The van der Waals surface area contributed by atoms with Crippen LogP contribution in [0.25, 0.3) is 0 Å². The van der Waals surface area contributed by atoms with Crippen LogP contribution in [0.5, 0.6) is 5.75 Å². The van der Waals surface area contributed by atoms with Gasteiger partial charge in [-0.3, -0.25) is 0 Å². The first-order valence-electron chi connectivity index (χ1n) is 5.17. The third-order valence-corrected chi connectivity index (χ3v) is 3.14. The molecule has 0 spiro atoms. The fourth-order valence-electron chi connectivity index (χ4n) is 1.94. The molecule has 0 aliphatic carbocycles. The van der Waals surface area contributed by atoms with Gasteiger partial charge < -0.3 is 10.8 Å². The molecule has 0 fully saturated rings. The van der Waals surface area contributed by atoms with Gasteiger partial charge in [-0.25, -0.2) is 0 Å². The summed E-state index contributed by atoms with van der Waals surface area (Å²) in [4.78, 5) is 0. The maximum Gasteiger partial charge on any atom is 0.121 e. The van der Waals surface area contributed by atoms with Gasteiger partial charge in [0.25, 0.3) is 0 Å². The molecule has 1 rings (SSSR count). The van der Waals surface area contributed by atoms with Crippen molar-refractivity contribution >= 4 is 11.6 Å². The highest BCUT2D eigenvalue weighted by molar-refractivity contribution is 6.31. The minimum absolute atomic E-state index is 0.286. The molecule has 0 aromatic heterocycles. The Balaban J connectivity index is 3.23. The van der Waals surface area contributed by atoms with Gasteiger partial charge in [-0.2, -0.15) is 0 Å². The third-order valence-electron chi connectivity index (χ3n) is 2.83. The predicted molar refractivity (Wildman–Crippen MR) is 64.7 cm³/mol. The highest BCUT2D eigenvalue weighted by Crippen LogP contribution is 2.36. The smallest absolute Gasteiger partial charge is 0.121 e. The van der Waals surface area contributed by atoms with Crippen molar-refractivity contribution in [1.29, 1.82) is 0 Å². The lowest BCUT2D eigenvalue weighted by atomic mass is 9.92. The van der Waals surface area contributed by atoms with Crippen LogP contribution in [0.15, 0.2) is 6.07 Å². The number of rotatable bonds is 3. The van der Waals surface area contributed by atoms with Gasteiger partial charge in [-0.1, -0.05) is 18.5 Å². The summed E-state index contributed by atoms with van der Waals surface area (Å²) >= 11 is 6.19. The fourth-order valence-corrected chi connectivity index (χ4v) is 2.43. The Labute approximate surface area is 96.1 Å². The zero-order chi connectivity index (χ0) is 11.6. The molecule has 1 aromatic carbocycles. The molecule has 15 heavy (non-hydrogen) atoms. The number of benzene rings is 1. The van der Waals surface area contributed by atoms with Crippen molar-refractivity contribution < 1.29 is 5.11 Å². The Morgan fingerprint density at radius 1 is 1.47 bits per heavy atom. The molecule has 0 aliphatic rings. The van der Waals surface area contributed by atoms with Gasteiger partial charge in [0.15, 0.2) is 0 Å². The highest BCUT2D eigenvalue weighted by atomic mass is 35.5. The van der Waals surface area contributed by atoms with Gasteiger partial charge in [-0.05, 0) is 55.5 Å². The van der Waals surface area contributed by atoms with Gasteiger partial charge in [0, 0.05) is 5.02 Å². The Hall–Kier alpha value is -0.730. The molecule has 2 nitrogen and oxygen atoms in total. The lowest BCUT2D eigenvalue weighted by Crippen LogP contribution is -2.06.